The minimum absolute atomic E-state index is 0.170. The molecule has 138 valence electrons. The molecule has 1 N–H and O–H groups in total. The molecular weight excluding hydrogens is 336 g/mol. The number of carbonyl (C=O) groups is 2. The van der Waals surface area contributed by atoms with E-state index in [9.17, 15) is 14.7 Å². The van der Waals surface area contributed by atoms with E-state index in [-0.39, 0.29) is 5.91 Å². The minimum Gasteiger partial charge on any atom is -0.494 e. The van der Waals surface area contributed by atoms with E-state index >= 15 is 0 Å². The van der Waals surface area contributed by atoms with Gasteiger partial charge in [0, 0.05) is 31.7 Å². The molecule has 3 rings (SSSR count). The number of piperazine rings is 1. The molecule has 1 unspecified atom stereocenters. The molecular formula is C19H22N2O5. The molecule has 0 bridgehead atoms. The molecule has 1 saturated heterocycles. The fourth-order valence-corrected chi connectivity index (χ4v) is 3.22. The van der Waals surface area contributed by atoms with E-state index in [0.717, 1.165) is 0 Å². The maximum atomic E-state index is 12.4. The van der Waals surface area contributed by atoms with Gasteiger partial charge >= 0.3 is 5.97 Å². The monoisotopic (exact) mass is 358 g/mol. The lowest BCUT2D eigenvalue weighted by atomic mass is 10.0. The summed E-state index contributed by atoms with van der Waals surface area (Å²) in [7, 11) is 0. The van der Waals surface area contributed by atoms with Gasteiger partial charge in [0.2, 0.25) is 0 Å². The van der Waals surface area contributed by atoms with Crippen molar-refractivity contribution >= 4 is 11.9 Å². The van der Waals surface area contributed by atoms with Crippen LogP contribution in [0, 0.1) is 0 Å². The molecule has 0 saturated carbocycles. The van der Waals surface area contributed by atoms with E-state index < -0.39 is 12.0 Å². The van der Waals surface area contributed by atoms with Gasteiger partial charge in [-0.05, 0) is 25.1 Å². The van der Waals surface area contributed by atoms with Gasteiger partial charge in [0.25, 0.3) is 5.91 Å². The van der Waals surface area contributed by atoms with Gasteiger partial charge in [-0.2, -0.15) is 0 Å². The summed E-state index contributed by atoms with van der Waals surface area (Å²) in [5.41, 5.74) is 0.632. The normalized spacial score (nSPS) is 16.3. The molecule has 1 aromatic carbocycles. The van der Waals surface area contributed by atoms with Crippen LogP contribution in [0.5, 0.6) is 5.75 Å². The third-order valence-corrected chi connectivity index (χ3v) is 4.45. The molecule has 0 aliphatic carbocycles. The second kappa shape index (κ2) is 8.05. The number of rotatable bonds is 6. The van der Waals surface area contributed by atoms with Crippen molar-refractivity contribution in [3.63, 3.8) is 0 Å². The maximum absolute atomic E-state index is 12.4. The molecule has 2 aromatic rings. The predicted octanol–water partition coefficient (Wildman–Crippen LogP) is 2.26. The average molecular weight is 358 g/mol. The summed E-state index contributed by atoms with van der Waals surface area (Å²) in [6.45, 7) is 4.15. The Morgan fingerprint density at radius 1 is 1.15 bits per heavy atom. The van der Waals surface area contributed by atoms with Gasteiger partial charge in [0.15, 0.2) is 5.76 Å². The van der Waals surface area contributed by atoms with Crippen LogP contribution < -0.4 is 4.74 Å². The zero-order valence-corrected chi connectivity index (χ0v) is 14.6. The number of para-hydroxylation sites is 1. The number of benzene rings is 1. The summed E-state index contributed by atoms with van der Waals surface area (Å²) in [5.74, 6) is -0.217. The molecule has 26 heavy (non-hydrogen) atoms. The lowest BCUT2D eigenvalue weighted by Gasteiger charge is -2.37. The molecule has 1 fully saturated rings. The molecule has 1 aliphatic rings. The topological polar surface area (TPSA) is 83.2 Å². The molecule has 0 spiro atoms. The Hall–Kier alpha value is -2.80. The molecule has 1 atom stereocenters. The first-order valence-electron chi connectivity index (χ1n) is 8.63. The highest BCUT2D eigenvalue weighted by atomic mass is 16.5. The van der Waals surface area contributed by atoms with Crippen LogP contribution in [0.3, 0.4) is 0 Å². The van der Waals surface area contributed by atoms with Gasteiger partial charge in [-0.3, -0.25) is 14.5 Å². The van der Waals surface area contributed by atoms with Crippen LogP contribution in [-0.4, -0.2) is 59.6 Å². The van der Waals surface area contributed by atoms with Gasteiger partial charge in [-0.15, -0.1) is 0 Å². The molecule has 7 nitrogen and oxygen atoms in total. The Morgan fingerprint density at radius 2 is 1.88 bits per heavy atom. The number of hydrogen-bond acceptors (Lipinski definition) is 5. The lowest BCUT2D eigenvalue weighted by Crippen LogP contribution is -2.51. The summed E-state index contributed by atoms with van der Waals surface area (Å²) < 4.78 is 10.8. The van der Waals surface area contributed by atoms with Gasteiger partial charge < -0.3 is 19.2 Å². The second-order valence-corrected chi connectivity index (χ2v) is 6.02. The van der Waals surface area contributed by atoms with Gasteiger partial charge in [-0.25, -0.2) is 0 Å². The zero-order chi connectivity index (χ0) is 18.5. The third kappa shape index (κ3) is 3.72. The Kier molecular flexibility index (Phi) is 5.58. The van der Waals surface area contributed by atoms with Crippen LogP contribution in [0.15, 0.2) is 47.1 Å². The van der Waals surface area contributed by atoms with Crippen LogP contribution in [0.2, 0.25) is 0 Å². The lowest BCUT2D eigenvalue weighted by molar-refractivity contribution is -0.144. The largest absolute Gasteiger partial charge is 0.494 e. The Labute approximate surface area is 151 Å². The molecule has 1 aliphatic heterocycles. The van der Waals surface area contributed by atoms with E-state index in [4.69, 9.17) is 9.15 Å². The minimum atomic E-state index is -0.928. The van der Waals surface area contributed by atoms with Crippen molar-refractivity contribution in [3.05, 3.63) is 54.0 Å². The van der Waals surface area contributed by atoms with Crippen molar-refractivity contribution in [1.29, 1.82) is 0 Å². The highest BCUT2D eigenvalue weighted by molar-refractivity contribution is 5.91. The Balaban J connectivity index is 1.73. The molecule has 2 heterocycles. The number of aliphatic carboxylic acids is 1. The number of carboxylic acid groups (broad SMARTS) is 1. The molecule has 7 heteroatoms. The number of amides is 1. The molecule has 1 aromatic heterocycles. The quantitative estimate of drug-likeness (QED) is 0.853. The van der Waals surface area contributed by atoms with Crippen LogP contribution >= 0.6 is 0 Å². The molecule has 1 amide bonds. The number of nitrogens with zero attached hydrogens (tertiary/aromatic N) is 2. The highest BCUT2D eigenvalue weighted by Crippen LogP contribution is 2.30. The van der Waals surface area contributed by atoms with Crippen molar-refractivity contribution < 1.29 is 23.8 Å². The van der Waals surface area contributed by atoms with Crippen molar-refractivity contribution in [2.24, 2.45) is 0 Å². The van der Waals surface area contributed by atoms with E-state index in [0.29, 0.717) is 49.9 Å². The number of carboxylic acids is 1. The highest BCUT2D eigenvalue weighted by Gasteiger charge is 2.33. The van der Waals surface area contributed by atoms with Crippen LogP contribution in [-0.2, 0) is 4.79 Å². The first-order chi connectivity index (χ1) is 12.6. The van der Waals surface area contributed by atoms with Crippen molar-refractivity contribution in [1.82, 2.24) is 9.80 Å². The predicted molar refractivity (Wildman–Crippen MR) is 94.2 cm³/mol. The van der Waals surface area contributed by atoms with Gasteiger partial charge in [0.05, 0.1) is 12.9 Å². The average Bonchev–Trinajstić information content (AvgIpc) is 3.18. The second-order valence-electron chi connectivity index (χ2n) is 6.02. The Morgan fingerprint density at radius 3 is 2.50 bits per heavy atom. The number of hydrogen-bond donors (Lipinski definition) is 1. The standard InChI is InChI=1S/C19H22N2O5/c1-2-25-15-7-4-3-6-14(15)17(19(23)24)20-9-11-21(12-10-20)18(22)16-8-5-13-26-16/h3-8,13,17H,2,9-12H2,1H3,(H,23,24). The molecule has 0 radical (unpaired) electrons. The Bertz CT molecular complexity index is 751. The SMILES string of the molecule is CCOc1ccccc1C(C(=O)O)N1CCN(C(=O)c2ccco2)CC1. The first kappa shape index (κ1) is 18.0. The summed E-state index contributed by atoms with van der Waals surface area (Å²) in [6.07, 6.45) is 1.47. The zero-order valence-electron chi connectivity index (χ0n) is 14.6. The van der Waals surface area contributed by atoms with Crippen molar-refractivity contribution in [3.8, 4) is 5.75 Å². The van der Waals surface area contributed by atoms with Gasteiger partial charge in [-0.1, -0.05) is 18.2 Å². The van der Waals surface area contributed by atoms with Crippen LogP contribution in [0.1, 0.15) is 29.1 Å². The van der Waals surface area contributed by atoms with Crippen LogP contribution in [0.25, 0.3) is 0 Å². The number of furan rings is 1. The van der Waals surface area contributed by atoms with E-state index in [1.807, 2.05) is 24.0 Å². The van der Waals surface area contributed by atoms with E-state index in [1.54, 1.807) is 29.2 Å². The third-order valence-electron chi connectivity index (χ3n) is 4.45. The first-order valence-corrected chi connectivity index (χ1v) is 8.63. The number of carbonyl (C=O) groups excluding carboxylic acids is 1. The summed E-state index contributed by atoms with van der Waals surface area (Å²) >= 11 is 0. The van der Waals surface area contributed by atoms with E-state index in [1.165, 1.54) is 6.26 Å². The maximum Gasteiger partial charge on any atom is 0.325 e. The van der Waals surface area contributed by atoms with Crippen molar-refractivity contribution in [2.45, 2.75) is 13.0 Å². The van der Waals surface area contributed by atoms with Crippen molar-refractivity contribution in [2.75, 3.05) is 32.8 Å². The fourth-order valence-electron chi connectivity index (χ4n) is 3.22. The smallest absolute Gasteiger partial charge is 0.325 e. The summed E-state index contributed by atoms with van der Waals surface area (Å²) in [6, 6.07) is 9.70. The summed E-state index contributed by atoms with van der Waals surface area (Å²) in [5, 5.41) is 9.80. The number of ether oxygens (including phenoxy) is 1. The fraction of sp³-hybridized carbons (Fsp3) is 0.368. The van der Waals surface area contributed by atoms with E-state index in [2.05, 4.69) is 0 Å². The van der Waals surface area contributed by atoms with Gasteiger partial charge in [0.1, 0.15) is 11.8 Å². The van der Waals surface area contributed by atoms with Crippen LogP contribution in [0.4, 0.5) is 0 Å². The summed E-state index contributed by atoms with van der Waals surface area (Å²) in [4.78, 5) is 27.9.